The molecule has 1 aromatic carbocycles. The van der Waals surface area contributed by atoms with E-state index < -0.39 is 0 Å². The number of benzene rings is 1. The van der Waals surface area contributed by atoms with Crippen molar-refractivity contribution in [3.63, 3.8) is 0 Å². The molecule has 2 aromatic rings. The van der Waals surface area contributed by atoms with Crippen LogP contribution in [-0.2, 0) is 6.42 Å². The van der Waals surface area contributed by atoms with Crippen LogP contribution in [0.5, 0.6) is 0 Å². The Balaban J connectivity index is 2.80. The lowest BCUT2D eigenvalue weighted by molar-refractivity contribution is 1.16. The number of hydrogen-bond donors (Lipinski definition) is 0. The summed E-state index contributed by atoms with van der Waals surface area (Å²) >= 11 is 7.77. The summed E-state index contributed by atoms with van der Waals surface area (Å²) in [5.74, 6) is 0. The van der Waals surface area contributed by atoms with Gasteiger partial charge in [-0.2, -0.15) is 0 Å². The Morgan fingerprint density at radius 1 is 1.38 bits per heavy atom. The van der Waals surface area contributed by atoms with Crippen LogP contribution in [0.4, 0.5) is 0 Å². The predicted molar refractivity (Wildman–Crippen MR) is 71.6 cm³/mol. The van der Waals surface area contributed by atoms with Gasteiger partial charge in [-0.25, -0.2) is 0 Å². The number of halogens is 2. The SMILES string of the molecule is CCc1cc(Br)cc2sc(I)cc12. The Morgan fingerprint density at radius 2 is 2.15 bits per heavy atom. The largest absolute Gasteiger partial charge is 0.129 e. The summed E-state index contributed by atoms with van der Waals surface area (Å²) in [4.78, 5) is 0. The van der Waals surface area contributed by atoms with Gasteiger partial charge in [0.2, 0.25) is 0 Å². The lowest BCUT2D eigenvalue weighted by Gasteiger charge is -1.99. The molecule has 0 aliphatic carbocycles. The molecule has 0 aliphatic heterocycles. The molecule has 0 bridgehead atoms. The third kappa shape index (κ3) is 1.92. The summed E-state index contributed by atoms with van der Waals surface area (Å²) in [6.07, 6.45) is 1.10. The maximum absolute atomic E-state index is 3.54. The van der Waals surface area contributed by atoms with E-state index in [0.29, 0.717) is 0 Å². The highest BCUT2D eigenvalue weighted by Gasteiger charge is 2.04. The second-order valence-electron chi connectivity index (χ2n) is 2.88. The fourth-order valence-electron chi connectivity index (χ4n) is 1.44. The number of rotatable bonds is 1. The normalized spacial score (nSPS) is 11.0. The topological polar surface area (TPSA) is 0 Å². The van der Waals surface area contributed by atoms with E-state index in [4.69, 9.17) is 0 Å². The molecule has 2 rings (SSSR count). The van der Waals surface area contributed by atoms with Gasteiger partial charge in [0.05, 0.1) is 2.88 Å². The van der Waals surface area contributed by atoms with Crippen LogP contribution in [0.2, 0.25) is 0 Å². The molecule has 0 amide bonds. The zero-order valence-corrected chi connectivity index (χ0v) is 11.7. The molecular formula is C10H8BrIS. The maximum atomic E-state index is 3.54. The highest BCUT2D eigenvalue weighted by molar-refractivity contribution is 14.1. The summed E-state index contributed by atoms with van der Waals surface area (Å²) in [6.45, 7) is 2.20. The van der Waals surface area contributed by atoms with Gasteiger partial charge in [0.1, 0.15) is 0 Å². The van der Waals surface area contributed by atoms with E-state index in [1.165, 1.54) is 23.0 Å². The molecule has 0 atom stereocenters. The molecule has 0 nitrogen and oxygen atoms in total. The summed E-state index contributed by atoms with van der Waals surface area (Å²) < 4.78 is 3.94. The summed E-state index contributed by atoms with van der Waals surface area (Å²) in [5.41, 5.74) is 1.43. The van der Waals surface area contributed by atoms with Crippen LogP contribution < -0.4 is 0 Å². The van der Waals surface area contributed by atoms with Gasteiger partial charge in [0.25, 0.3) is 0 Å². The van der Waals surface area contributed by atoms with Gasteiger partial charge in [-0.05, 0) is 58.2 Å². The first-order valence-corrected chi connectivity index (χ1v) is 6.77. The van der Waals surface area contributed by atoms with Crippen LogP contribution in [0.1, 0.15) is 12.5 Å². The Bertz CT molecular complexity index is 447. The molecule has 0 saturated heterocycles. The Morgan fingerprint density at radius 3 is 2.85 bits per heavy atom. The van der Waals surface area contributed by atoms with Crippen molar-refractivity contribution < 1.29 is 0 Å². The standard InChI is InChI=1S/C10H8BrIS/c1-2-6-3-7(11)4-9-8(6)5-10(12)13-9/h3-5H,2H2,1H3. The Hall–Kier alpha value is 0.390. The van der Waals surface area contributed by atoms with Crippen LogP contribution >= 0.6 is 49.9 Å². The zero-order chi connectivity index (χ0) is 9.42. The van der Waals surface area contributed by atoms with Crippen molar-refractivity contribution in [2.24, 2.45) is 0 Å². The van der Waals surface area contributed by atoms with E-state index in [-0.39, 0.29) is 0 Å². The quantitative estimate of drug-likeness (QED) is 0.634. The smallest absolute Gasteiger partial charge is 0.0666 e. The van der Waals surface area contributed by atoms with E-state index in [1.807, 2.05) is 11.3 Å². The highest BCUT2D eigenvalue weighted by Crippen LogP contribution is 2.32. The van der Waals surface area contributed by atoms with Gasteiger partial charge in [-0.1, -0.05) is 22.9 Å². The third-order valence-corrected chi connectivity index (χ3v) is 4.34. The van der Waals surface area contributed by atoms with Gasteiger partial charge in [0.15, 0.2) is 0 Å². The fourth-order valence-corrected chi connectivity index (χ4v) is 3.99. The minimum absolute atomic E-state index is 1.10. The maximum Gasteiger partial charge on any atom is 0.0666 e. The molecule has 13 heavy (non-hydrogen) atoms. The van der Waals surface area contributed by atoms with E-state index in [0.717, 1.165) is 6.42 Å². The molecule has 0 spiro atoms. The van der Waals surface area contributed by atoms with Crippen molar-refractivity contribution in [2.75, 3.05) is 0 Å². The van der Waals surface area contributed by atoms with Gasteiger partial charge >= 0.3 is 0 Å². The molecule has 0 N–H and O–H groups in total. The molecule has 0 saturated carbocycles. The van der Waals surface area contributed by atoms with Crippen molar-refractivity contribution in [2.45, 2.75) is 13.3 Å². The summed E-state index contributed by atoms with van der Waals surface area (Å²) in [7, 11) is 0. The number of hydrogen-bond acceptors (Lipinski definition) is 1. The first-order chi connectivity index (χ1) is 6.20. The lowest BCUT2D eigenvalue weighted by Crippen LogP contribution is -1.80. The molecule has 0 aliphatic rings. The average molecular weight is 367 g/mol. The average Bonchev–Trinajstić information content (AvgIpc) is 2.43. The van der Waals surface area contributed by atoms with Crippen molar-refractivity contribution in [1.82, 2.24) is 0 Å². The highest BCUT2D eigenvalue weighted by atomic mass is 127. The molecule has 1 aromatic heterocycles. The zero-order valence-electron chi connectivity index (χ0n) is 7.10. The predicted octanol–water partition coefficient (Wildman–Crippen LogP) is 4.83. The second-order valence-corrected chi connectivity index (χ2v) is 6.77. The minimum Gasteiger partial charge on any atom is -0.129 e. The summed E-state index contributed by atoms with van der Waals surface area (Å²) in [6, 6.07) is 6.68. The first-order valence-electron chi connectivity index (χ1n) is 4.08. The van der Waals surface area contributed by atoms with Gasteiger partial charge in [-0.15, -0.1) is 11.3 Å². The first kappa shape index (κ1) is 9.93. The molecular weight excluding hydrogens is 359 g/mol. The van der Waals surface area contributed by atoms with Crippen LogP contribution in [-0.4, -0.2) is 0 Å². The molecule has 3 heteroatoms. The molecule has 68 valence electrons. The minimum atomic E-state index is 1.10. The number of thiophene rings is 1. The van der Waals surface area contributed by atoms with Crippen LogP contribution in [0, 0.1) is 2.88 Å². The van der Waals surface area contributed by atoms with E-state index in [2.05, 4.69) is 63.6 Å². The molecule has 0 radical (unpaired) electrons. The van der Waals surface area contributed by atoms with E-state index in [9.17, 15) is 0 Å². The van der Waals surface area contributed by atoms with Crippen molar-refractivity contribution in [1.29, 1.82) is 0 Å². The number of fused-ring (bicyclic) bond motifs is 1. The Labute approximate surface area is 104 Å². The molecule has 1 heterocycles. The van der Waals surface area contributed by atoms with Crippen LogP contribution in [0.25, 0.3) is 10.1 Å². The van der Waals surface area contributed by atoms with Gasteiger partial charge < -0.3 is 0 Å². The summed E-state index contributed by atoms with van der Waals surface area (Å²) in [5, 5.41) is 1.42. The van der Waals surface area contributed by atoms with Crippen molar-refractivity contribution >= 4 is 59.9 Å². The Kier molecular flexibility index (Phi) is 2.95. The van der Waals surface area contributed by atoms with Gasteiger partial charge in [-0.3, -0.25) is 0 Å². The van der Waals surface area contributed by atoms with Crippen LogP contribution in [0.3, 0.4) is 0 Å². The van der Waals surface area contributed by atoms with E-state index in [1.54, 1.807) is 0 Å². The monoisotopic (exact) mass is 366 g/mol. The second kappa shape index (κ2) is 3.87. The molecule has 0 fully saturated rings. The van der Waals surface area contributed by atoms with Gasteiger partial charge in [0, 0.05) is 9.17 Å². The van der Waals surface area contributed by atoms with Crippen LogP contribution in [0.15, 0.2) is 22.7 Å². The van der Waals surface area contributed by atoms with Crippen molar-refractivity contribution in [3.8, 4) is 0 Å². The van der Waals surface area contributed by atoms with Crippen molar-refractivity contribution in [3.05, 3.63) is 31.1 Å². The fraction of sp³-hybridized carbons (Fsp3) is 0.200. The number of aryl methyl sites for hydroxylation is 1. The molecule has 0 unspecified atom stereocenters. The van der Waals surface area contributed by atoms with E-state index >= 15 is 0 Å². The lowest BCUT2D eigenvalue weighted by atomic mass is 10.1. The third-order valence-electron chi connectivity index (χ3n) is 2.04.